The van der Waals surface area contributed by atoms with Crippen molar-refractivity contribution in [3.8, 4) is 0 Å². The number of amides is 1. The molecule has 8 heteroatoms. The average Bonchev–Trinajstić information content (AvgIpc) is 2.71. The normalized spacial score (nSPS) is 15.7. The van der Waals surface area contributed by atoms with Crippen molar-refractivity contribution in [2.24, 2.45) is 0 Å². The van der Waals surface area contributed by atoms with Crippen molar-refractivity contribution in [3.05, 3.63) is 39.5 Å². The fraction of sp³-hybridized carbons (Fsp3) is 0.524. The molecule has 2 aromatic rings. The predicted octanol–water partition coefficient (Wildman–Crippen LogP) is 2.72. The molecule has 7 nitrogen and oxygen atoms in total. The van der Waals surface area contributed by atoms with Crippen LogP contribution in [0.2, 0.25) is 0 Å². The monoisotopic (exact) mass is 465 g/mol. The number of hydrogen-bond acceptors (Lipinski definition) is 6. The zero-order valence-corrected chi connectivity index (χ0v) is 19.0. The van der Waals surface area contributed by atoms with E-state index in [0.717, 1.165) is 12.1 Å². The van der Waals surface area contributed by atoms with Crippen LogP contribution in [0.4, 0.5) is 5.88 Å². The molecule has 1 aliphatic rings. The minimum atomic E-state index is -0.146. The minimum Gasteiger partial charge on any atom is -0.440 e. The predicted molar refractivity (Wildman–Crippen MR) is 118 cm³/mol. The minimum absolute atomic E-state index is 0.0760. The number of nitrogens with zero attached hydrogens (tertiary/aromatic N) is 3. The van der Waals surface area contributed by atoms with Crippen LogP contribution in [0.5, 0.6) is 0 Å². The molecule has 1 saturated heterocycles. The Labute approximate surface area is 179 Å². The molecule has 158 valence electrons. The summed E-state index contributed by atoms with van der Waals surface area (Å²) in [5.41, 5.74) is 1.66. The number of carbonyl (C=O) groups excluding carboxylic acids is 1. The van der Waals surface area contributed by atoms with Gasteiger partial charge in [-0.3, -0.25) is 9.59 Å². The lowest BCUT2D eigenvalue weighted by Crippen LogP contribution is -2.36. The zero-order chi connectivity index (χ0) is 21.1. The standard InChI is InChI=1S/C21H28BrN3O4/c1-14(22)16-11-15(21(27)24(4)6-5-23(2)3)12-17-18(26)13-19(29-20(16)17)25-7-9-28-10-8-25/h11-14H,5-10H2,1-4H3. The number of hydrogen-bond donors (Lipinski definition) is 0. The molecule has 0 bridgehead atoms. The van der Waals surface area contributed by atoms with Crippen molar-refractivity contribution in [1.82, 2.24) is 9.80 Å². The molecule has 1 amide bonds. The Hall–Kier alpha value is -1.90. The second-order valence-corrected chi connectivity index (χ2v) is 9.01. The van der Waals surface area contributed by atoms with E-state index in [2.05, 4.69) is 15.9 Å². The Morgan fingerprint density at radius 2 is 1.86 bits per heavy atom. The van der Waals surface area contributed by atoms with Gasteiger partial charge in [0.15, 0.2) is 11.3 Å². The lowest BCUT2D eigenvalue weighted by Gasteiger charge is -2.27. The van der Waals surface area contributed by atoms with Crippen LogP contribution in [0.25, 0.3) is 11.0 Å². The molecule has 1 aliphatic heterocycles. The molecule has 0 spiro atoms. The second kappa shape index (κ2) is 9.28. The molecule has 0 aliphatic carbocycles. The van der Waals surface area contributed by atoms with Gasteiger partial charge < -0.3 is 23.9 Å². The molecule has 29 heavy (non-hydrogen) atoms. The summed E-state index contributed by atoms with van der Waals surface area (Å²) in [6, 6.07) is 4.99. The maximum Gasteiger partial charge on any atom is 0.253 e. The second-order valence-electron chi connectivity index (χ2n) is 7.64. The largest absolute Gasteiger partial charge is 0.440 e. The van der Waals surface area contributed by atoms with Crippen molar-refractivity contribution in [3.63, 3.8) is 0 Å². The van der Waals surface area contributed by atoms with Gasteiger partial charge in [0.25, 0.3) is 5.91 Å². The van der Waals surface area contributed by atoms with Gasteiger partial charge in [0.05, 0.1) is 18.6 Å². The van der Waals surface area contributed by atoms with Crippen LogP contribution < -0.4 is 10.3 Å². The lowest BCUT2D eigenvalue weighted by molar-refractivity contribution is 0.0786. The number of likely N-dealkylation sites (N-methyl/N-ethyl adjacent to an activating group) is 2. The van der Waals surface area contributed by atoms with Crippen molar-refractivity contribution in [1.29, 1.82) is 0 Å². The van der Waals surface area contributed by atoms with E-state index in [4.69, 9.17) is 9.15 Å². The summed E-state index contributed by atoms with van der Waals surface area (Å²) in [5.74, 6) is 0.433. The van der Waals surface area contributed by atoms with Crippen LogP contribution in [0.1, 0.15) is 27.7 Å². The van der Waals surface area contributed by atoms with E-state index >= 15 is 0 Å². The van der Waals surface area contributed by atoms with Crippen molar-refractivity contribution < 1.29 is 13.9 Å². The summed E-state index contributed by atoms with van der Waals surface area (Å²) < 4.78 is 11.5. The molecule has 3 rings (SSSR count). The molecule has 0 N–H and O–H groups in total. The third-order valence-corrected chi connectivity index (χ3v) is 5.57. The summed E-state index contributed by atoms with van der Waals surface area (Å²) in [6.45, 7) is 5.91. The van der Waals surface area contributed by atoms with Crippen LogP contribution >= 0.6 is 15.9 Å². The van der Waals surface area contributed by atoms with E-state index in [1.807, 2.05) is 36.9 Å². The lowest BCUT2D eigenvalue weighted by atomic mass is 10.0. The van der Waals surface area contributed by atoms with E-state index in [-0.39, 0.29) is 16.2 Å². The highest BCUT2D eigenvalue weighted by Crippen LogP contribution is 2.32. The van der Waals surface area contributed by atoms with Crippen LogP contribution in [-0.4, -0.2) is 76.2 Å². The third kappa shape index (κ3) is 4.99. The van der Waals surface area contributed by atoms with Crippen LogP contribution in [0.15, 0.2) is 27.4 Å². The number of fused-ring (bicyclic) bond motifs is 1. The van der Waals surface area contributed by atoms with Gasteiger partial charge in [-0.1, -0.05) is 15.9 Å². The third-order valence-electron chi connectivity index (χ3n) is 5.07. The molecule has 1 fully saturated rings. The SMILES string of the molecule is CC(Br)c1cc(C(=O)N(C)CCN(C)C)cc2c(=O)cc(N3CCOCC3)oc12. The molecular formula is C21H28BrN3O4. The molecule has 2 heterocycles. The fourth-order valence-corrected chi connectivity index (χ4v) is 3.64. The molecule has 1 atom stereocenters. The first-order chi connectivity index (χ1) is 13.8. The number of alkyl halides is 1. The first-order valence-corrected chi connectivity index (χ1v) is 10.7. The van der Waals surface area contributed by atoms with Crippen LogP contribution in [-0.2, 0) is 4.74 Å². The molecule has 0 radical (unpaired) electrons. The number of anilines is 1. The Balaban J connectivity index is 2.03. The molecular weight excluding hydrogens is 438 g/mol. The number of carbonyl (C=O) groups is 1. The summed E-state index contributed by atoms with van der Waals surface area (Å²) in [5, 5.41) is 0.426. The van der Waals surface area contributed by atoms with Gasteiger partial charge in [-0.2, -0.15) is 0 Å². The maximum atomic E-state index is 12.9. The van der Waals surface area contributed by atoms with E-state index in [1.165, 1.54) is 6.07 Å². The van der Waals surface area contributed by atoms with E-state index in [0.29, 0.717) is 55.3 Å². The summed E-state index contributed by atoms with van der Waals surface area (Å²) in [6.07, 6.45) is 0. The fourth-order valence-electron chi connectivity index (χ4n) is 3.30. The van der Waals surface area contributed by atoms with Crippen molar-refractivity contribution >= 4 is 38.7 Å². The van der Waals surface area contributed by atoms with Gasteiger partial charge in [0, 0.05) is 55.2 Å². The van der Waals surface area contributed by atoms with Crippen LogP contribution in [0, 0.1) is 0 Å². The quantitative estimate of drug-likeness (QED) is 0.611. The topological polar surface area (TPSA) is 66.2 Å². The van der Waals surface area contributed by atoms with Crippen molar-refractivity contribution in [2.45, 2.75) is 11.8 Å². The number of rotatable bonds is 6. The van der Waals surface area contributed by atoms with E-state index in [1.54, 1.807) is 18.0 Å². The van der Waals surface area contributed by atoms with E-state index < -0.39 is 0 Å². The van der Waals surface area contributed by atoms with Crippen LogP contribution in [0.3, 0.4) is 0 Å². The average molecular weight is 466 g/mol. The Morgan fingerprint density at radius 1 is 1.17 bits per heavy atom. The summed E-state index contributed by atoms with van der Waals surface area (Å²) >= 11 is 3.59. The highest BCUT2D eigenvalue weighted by molar-refractivity contribution is 9.09. The highest BCUT2D eigenvalue weighted by Gasteiger charge is 2.21. The first kappa shape index (κ1) is 21.8. The molecule has 1 aromatic heterocycles. The molecule has 1 unspecified atom stereocenters. The number of ether oxygens (including phenoxy) is 1. The number of benzene rings is 1. The molecule has 1 aromatic carbocycles. The first-order valence-electron chi connectivity index (χ1n) is 9.76. The maximum absolute atomic E-state index is 12.9. The van der Waals surface area contributed by atoms with Gasteiger partial charge >= 0.3 is 0 Å². The van der Waals surface area contributed by atoms with Gasteiger partial charge in [-0.25, -0.2) is 0 Å². The Morgan fingerprint density at radius 3 is 2.48 bits per heavy atom. The Kier molecular flexibility index (Phi) is 6.97. The van der Waals surface area contributed by atoms with Gasteiger partial charge in [-0.15, -0.1) is 0 Å². The molecule has 0 saturated carbocycles. The smallest absolute Gasteiger partial charge is 0.253 e. The number of halogens is 1. The summed E-state index contributed by atoms with van der Waals surface area (Å²) in [7, 11) is 5.71. The van der Waals surface area contributed by atoms with Crippen molar-refractivity contribution in [2.75, 3.05) is 65.4 Å². The van der Waals surface area contributed by atoms with E-state index in [9.17, 15) is 9.59 Å². The highest BCUT2D eigenvalue weighted by atomic mass is 79.9. The summed E-state index contributed by atoms with van der Waals surface area (Å²) in [4.78, 5) is 31.5. The van der Waals surface area contributed by atoms with Gasteiger partial charge in [0.1, 0.15) is 5.58 Å². The zero-order valence-electron chi connectivity index (χ0n) is 17.4. The van der Waals surface area contributed by atoms with Gasteiger partial charge in [0.2, 0.25) is 0 Å². The van der Waals surface area contributed by atoms with Gasteiger partial charge in [-0.05, 0) is 33.2 Å². The Bertz CT molecular complexity index is 935. The number of morpholine rings is 1.